The molecule has 0 aromatic heterocycles. The van der Waals surface area contributed by atoms with Crippen molar-refractivity contribution in [3.8, 4) is 0 Å². The maximum absolute atomic E-state index is 12.9. The zero-order valence-electron chi connectivity index (χ0n) is 9.38. The van der Waals surface area contributed by atoms with Gasteiger partial charge in [0.25, 0.3) is 0 Å². The topological polar surface area (TPSA) is 26.0 Å². The molecule has 92 valence electrons. The smallest absolute Gasteiger partial charge is 0.141 e. The van der Waals surface area contributed by atoms with Gasteiger partial charge in [-0.2, -0.15) is 0 Å². The second-order valence-corrected chi connectivity index (χ2v) is 4.18. The van der Waals surface area contributed by atoms with Crippen LogP contribution in [0.4, 0.5) is 4.39 Å². The molecule has 0 heterocycles. The van der Waals surface area contributed by atoms with Gasteiger partial charge in [0.1, 0.15) is 5.82 Å². The maximum atomic E-state index is 12.9. The first-order valence-corrected chi connectivity index (χ1v) is 5.73. The average Bonchev–Trinajstić information content (AvgIpc) is 2.22. The van der Waals surface area contributed by atoms with E-state index >= 15 is 0 Å². The van der Waals surface area contributed by atoms with Crippen LogP contribution in [-0.2, 0) is 0 Å². The highest BCUT2D eigenvalue weighted by Gasteiger charge is 2.08. The van der Waals surface area contributed by atoms with Crippen molar-refractivity contribution in [1.29, 1.82) is 0 Å². The lowest BCUT2D eigenvalue weighted by Crippen LogP contribution is -2.10. The van der Waals surface area contributed by atoms with Gasteiger partial charge >= 0.3 is 0 Å². The van der Waals surface area contributed by atoms with Crippen molar-refractivity contribution in [1.82, 2.24) is 0 Å². The zero-order chi connectivity index (χ0) is 11.3. The van der Waals surface area contributed by atoms with E-state index in [4.69, 9.17) is 17.3 Å². The van der Waals surface area contributed by atoms with Gasteiger partial charge in [0.05, 0.1) is 5.02 Å². The minimum atomic E-state index is -0.388. The van der Waals surface area contributed by atoms with Crippen molar-refractivity contribution in [2.75, 3.05) is 0 Å². The Hall–Kier alpha value is -0.310. The Balaban J connectivity index is 0.00000225. The lowest BCUT2D eigenvalue weighted by atomic mass is 10.0. The number of rotatable bonds is 5. The number of nitrogens with two attached hydrogens (primary N) is 1. The van der Waals surface area contributed by atoms with Gasteiger partial charge in [0.15, 0.2) is 0 Å². The average molecular weight is 266 g/mol. The fourth-order valence-corrected chi connectivity index (χ4v) is 1.71. The van der Waals surface area contributed by atoms with Gasteiger partial charge in [-0.05, 0) is 24.1 Å². The van der Waals surface area contributed by atoms with Crippen LogP contribution in [0.15, 0.2) is 18.2 Å². The van der Waals surface area contributed by atoms with Crippen LogP contribution in [0.25, 0.3) is 0 Å². The second-order valence-electron chi connectivity index (χ2n) is 3.78. The van der Waals surface area contributed by atoms with E-state index in [1.54, 1.807) is 12.1 Å². The SMILES string of the molecule is CCCCC[C@@H](N)c1ccc(F)c(Cl)c1.Cl. The van der Waals surface area contributed by atoms with E-state index in [1.165, 1.54) is 18.9 Å². The zero-order valence-corrected chi connectivity index (χ0v) is 11.0. The first-order chi connectivity index (χ1) is 7.15. The van der Waals surface area contributed by atoms with E-state index in [0.29, 0.717) is 0 Å². The third-order valence-electron chi connectivity index (χ3n) is 2.49. The molecule has 0 saturated carbocycles. The van der Waals surface area contributed by atoms with Crippen LogP contribution in [0.3, 0.4) is 0 Å². The van der Waals surface area contributed by atoms with Gasteiger partial charge in [0, 0.05) is 6.04 Å². The molecule has 0 bridgehead atoms. The van der Waals surface area contributed by atoms with Gasteiger partial charge in [-0.25, -0.2) is 4.39 Å². The highest BCUT2D eigenvalue weighted by molar-refractivity contribution is 6.30. The Morgan fingerprint density at radius 1 is 1.38 bits per heavy atom. The summed E-state index contributed by atoms with van der Waals surface area (Å²) in [6.45, 7) is 2.15. The number of halogens is 3. The van der Waals surface area contributed by atoms with Crippen molar-refractivity contribution in [3.63, 3.8) is 0 Å². The molecule has 1 atom stereocenters. The van der Waals surface area contributed by atoms with Crippen LogP contribution < -0.4 is 5.73 Å². The van der Waals surface area contributed by atoms with Crippen molar-refractivity contribution in [2.45, 2.75) is 38.6 Å². The Bertz CT molecular complexity index is 318. The molecule has 0 aliphatic heterocycles. The Kier molecular flexibility index (Phi) is 7.73. The fraction of sp³-hybridized carbons (Fsp3) is 0.500. The van der Waals surface area contributed by atoms with Crippen LogP contribution >= 0.6 is 24.0 Å². The first-order valence-electron chi connectivity index (χ1n) is 5.35. The fourth-order valence-electron chi connectivity index (χ4n) is 1.52. The highest BCUT2D eigenvalue weighted by atomic mass is 35.5. The van der Waals surface area contributed by atoms with Gasteiger partial charge in [0.2, 0.25) is 0 Å². The predicted molar refractivity (Wildman–Crippen MR) is 69.7 cm³/mol. The van der Waals surface area contributed by atoms with E-state index in [9.17, 15) is 4.39 Å². The van der Waals surface area contributed by atoms with Crippen LogP contribution in [0.2, 0.25) is 5.02 Å². The summed E-state index contributed by atoms with van der Waals surface area (Å²) in [6, 6.07) is 4.66. The largest absolute Gasteiger partial charge is 0.324 e. The normalized spacial score (nSPS) is 12.0. The van der Waals surface area contributed by atoms with E-state index in [-0.39, 0.29) is 29.3 Å². The minimum absolute atomic E-state index is 0. The molecule has 0 saturated heterocycles. The Morgan fingerprint density at radius 3 is 2.62 bits per heavy atom. The van der Waals surface area contributed by atoms with Crippen molar-refractivity contribution >= 4 is 24.0 Å². The molecule has 0 aliphatic rings. The summed E-state index contributed by atoms with van der Waals surface area (Å²) in [5.74, 6) is -0.388. The third-order valence-corrected chi connectivity index (χ3v) is 2.78. The molecular formula is C12H18Cl2FN. The molecule has 0 fully saturated rings. The summed E-state index contributed by atoms with van der Waals surface area (Å²) in [4.78, 5) is 0. The Morgan fingerprint density at radius 2 is 2.06 bits per heavy atom. The number of unbranched alkanes of at least 4 members (excludes halogenated alkanes) is 2. The molecule has 4 heteroatoms. The number of benzene rings is 1. The summed E-state index contributed by atoms with van der Waals surface area (Å²) >= 11 is 5.69. The lowest BCUT2D eigenvalue weighted by molar-refractivity contribution is 0.578. The van der Waals surface area contributed by atoms with Crippen molar-refractivity contribution < 1.29 is 4.39 Å². The molecule has 0 unspecified atom stereocenters. The molecule has 0 radical (unpaired) electrons. The molecule has 1 nitrogen and oxygen atoms in total. The van der Waals surface area contributed by atoms with Crippen molar-refractivity contribution in [2.24, 2.45) is 5.73 Å². The van der Waals surface area contributed by atoms with Crippen LogP contribution in [0, 0.1) is 5.82 Å². The second kappa shape index (κ2) is 7.88. The van der Waals surface area contributed by atoms with Crippen molar-refractivity contribution in [3.05, 3.63) is 34.6 Å². The summed E-state index contributed by atoms with van der Waals surface area (Å²) < 4.78 is 12.9. The highest BCUT2D eigenvalue weighted by Crippen LogP contribution is 2.22. The number of hydrogen-bond donors (Lipinski definition) is 1. The van der Waals surface area contributed by atoms with Crippen LogP contribution in [0.1, 0.15) is 44.2 Å². The Labute approximate surface area is 108 Å². The maximum Gasteiger partial charge on any atom is 0.141 e. The van der Waals surface area contributed by atoms with E-state index in [2.05, 4.69) is 6.92 Å². The number of hydrogen-bond acceptors (Lipinski definition) is 1. The summed E-state index contributed by atoms with van der Waals surface area (Å²) in [5, 5.41) is 0.151. The molecule has 0 aliphatic carbocycles. The molecular weight excluding hydrogens is 248 g/mol. The van der Waals surface area contributed by atoms with Gasteiger partial charge in [-0.15, -0.1) is 12.4 Å². The van der Waals surface area contributed by atoms with E-state index in [0.717, 1.165) is 18.4 Å². The monoisotopic (exact) mass is 265 g/mol. The standard InChI is InChI=1S/C12H17ClFN.ClH/c1-2-3-4-5-12(15)9-6-7-11(14)10(13)8-9;/h6-8,12H,2-5,15H2,1H3;1H/t12-;/m1./s1. The summed E-state index contributed by atoms with van der Waals surface area (Å²) in [6.07, 6.45) is 4.39. The molecule has 1 aromatic carbocycles. The van der Waals surface area contributed by atoms with Gasteiger partial charge in [-0.3, -0.25) is 0 Å². The molecule has 2 N–H and O–H groups in total. The van der Waals surface area contributed by atoms with E-state index in [1.807, 2.05) is 0 Å². The van der Waals surface area contributed by atoms with Gasteiger partial charge in [-0.1, -0.05) is 43.9 Å². The molecule has 16 heavy (non-hydrogen) atoms. The summed E-state index contributed by atoms with van der Waals surface area (Å²) in [5.41, 5.74) is 6.89. The molecule has 0 spiro atoms. The van der Waals surface area contributed by atoms with E-state index < -0.39 is 0 Å². The quantitative estimate of drug-likeness (QED) is 0.781. The molecule has 0 amide bonds. The summed E-state index contributed by atoms with van der Waals surface area (Å²) in [7, 11) is 0. The predicted octanol–water partition coefficient (Wildman–Crippen LogP) is 4.48. The first kappa shape index (κ1) is 15.7. The lowest BCUT2D eigenvalue weighted by Gasteiger charge is -2.12. The minimum Gasteiger partial charge on any atom is -0.324 e. The van der Waals surface area contributed by atoms with Crippen LogP contribution in [0.5, 0.6) is 0 Å². The molecule has 1 rings (SSSR count). The molecule has 1 aromatic rings. The van der Waals surface area contributed by atoms with Crippen LogP contribution in [-0.4, -0.2) is 0 Å². The third kappa shape index (κ3) is 4.69. The van der Waals surface area contributed by atoms with Gasteiger partial charge < -0.3 is 5.73 Å².